The Morgan fingerprint density at radius 2 is 2.15 bits per heavy atom. The van der Waals surface area contributed by atoms with Crippen LogP contribution in [0.1, 0.15) is 36.8 Å². The van der Waals surface area contributed by atoms with Crippen LogP contribution in [0.25, 0.3) is 17.0 Å². The number of alkyl halides is 1. The highest BCUT2D eigenvalue weighted by atomic mass is 19.1. The summed E-state index contributed by atoms with van der Waals surface area (Å²) in [6.07, 6.45) is 1.52. The second kappa shape index (κ2) is 8.07. The lowest BCUT2D eigenvalue weighted by atomic mass is 10.0. The molecular formula is C22H26FN7O3. The normalized spacial score (nSPS) is 25.3. The van der Waals surface area contributed by atoms with Crippen LogP contribution in [0.2, 0.25) is 0 Å². The molecule has 3 aromatic rings. The molecular weight excluding hydrogens is 429 g/mol. The lowest BCUT2D eigenvalue weighted by molar-refractivity contribution is -0.122. The van der Waals surface area contributed by atoms with Crippen LogP contribution in [0.5, 0.6) is 0 Å². The molecule has 2 aliphatic heterocycles. The van der Waals surface area contributed by atoms with E-state index in [2.05, 4.69) is 20.8 Å². The summed E-state index contributed by atoms with van der Waals surface area (Å²) in [6, 6.07) is 5.48. The molecule has 1 amide bonds. The number of halogens is 1. The van der Waals surface area contributed by atoms with Gasteiger partial charge in [0, 0.05) is 24.6 Å². The first-order valence-corrected chi connectivity index (χ1v) is 11.4. The third kappa shape index (κ3) is 4.06. The molecule has 10 nitrogen and oxygen atoms in total. The van der Waals surface area contributed by atoms with Crippen LogP contribution in [0, 0.1) is 5.92 Å². The fraction of sp³-hybridized carbons (Fsp3) is 0.545. The molecule has 3 aromatic heterocycles. The standard InChI is InChI=1S/C22H26FN7O3/c1-29-8-7-14(13(23)10-29)25-17-4-2-3-15-19(16-11-32-16)20(27-30(15)17)21-26-18(33-28-21)9-24-22(31)12-5-6-12/h2-4,12-14,16,25H,5-11H2,1H3,(H,24,31)/t13-,14+,16-/m0/s1. The molecule has 3 aliphatic rings. The fourth-order valence-corrected chi connectivity index (χ4v) is 4.38. The number of piperidine rings is 1. The van der Waals surface area contributed by atoms with Crippen molar-refractivity contribution < 1.29 is 18.4 Å². The summed E-state index contributed by atoms with van der Waals surface area (Å²) in [5.41, 5.74) is 2.30. The summed E-state index contributed by atoms with van der Waals surface area (Å²) < 4.78 is 27.3. The summed E-state index contributed by atoms with van der Waals surface area (Å²) >= 11 is 0. The van der Waals surface area contributed by atoms with Crippen molar-refractivity contribution in [1.29, 1.82) is 0 Å². The number of likely N-dealkylation sites (tertiary alicyclic amines) is 1. The molecule has 6 rings (SSSR count). The predicted octanol–water partition coefficient (Wildman–Crippen LogP) is 1.94. The van der Waals surface area contributed by atoms with E-state index >= 15 is 0 Å². The molecule has 11 heteroatoms. The number of anilines is 1. The van der Waals surface area contributed by atoms with E-state index in [1.807, 2.05) is 30.1 Å². The molecule has 0 unspecified atom stereocenters. The maximum absolute atomic E-state index is 14.6. The first kappa shape index (κ1) is 20.5. The Morgan fingerprint density at radius 3 is 2.91 bits per heavy atom. The molecule has 0 spiro atoms. The van der Waals surface area contributed by atoms with E-state index in [4.69, 9.17) is 14.4 Å². The summed E-state index contributed by atoms with van der Waals surface area (Å²) in [5, 5.41) is 15.0. The van der Waals surface area contributed by atoms with E-state index in [1.165, 1.54) is 0 Å². The largest absolute Gasteiger partial charge is 0.368 e. The first-order valence-electron chi connectivity index (χ1n) is 11.4. The van der Waals surface area contributed by atoms with Gasteiger partial charge in [-0.15, -0.1) is 0 Å². The van der Waals surface area contributed by atoms with Gasteiger partial charge in [-0.05, 0) is 38.4 Å². The van der Waals surface area contributed by atoms with E-state index in [-0.39, 0.29) is 30.5 Å². The molecule has 0 radical (unpaired) electrons. The van der Waals surface area contributed by atoms with Crippen LogP contribution in [0.4, 0.5) is 10.2 Å². The summed E-state index contributed by atoms with van der Waals surface area (Å²) in [7, 11) is 1.93. The average Bonchev–Trinajstić information content (AvgIpc) is 3.73. The summed E-state index contributed by atoms with van der Waals surface area (Å²) in [6.45, 7) is 2.02. The second-order valence-corrected chi connectivity index (χ2v) is 9.11. The van der Waals surface area contributed by atoms with E-state index in [0.717, 1.165) is 30.5 Å². The number of hydrogen-bond acceptors (Lipinski definition) is 8. The number of amides is 1. The molecule has 0 bridgehead atoms. The number of nitrogens with one attached hydrogen (secondary N) is 2. The number of fused-ring (bicyclic) bond motifs is 1. The van der Waals surface area contributed by atoms with Crippen molar-refractivity contribution in [3.63, 3.8) is 0 Å². The SMILES string of the molecule is CN1CC[C@@H](Nc2cccc3c([C@@H]4CO4)c(-c4noc(CNC(=O)C5CC5)n4)nn23)[C@@H](F)C1. The highest BCUT2D eigenvalue weighted by molar-refractivity contribution is 5.80. The number of ether oxygens (including phenoxy) is 1. The average molecular weight is 455 g/mol. The smallest absolute Gasteiger partial charge is 0.246 e. The quantitative estimate of drug-likeness (QED) is 0.520. The van der Waals surface area contributed by atoms with E-state index < -0.39 is 6.17 Å². The minimum Gasteiger partial charge on any atom is -0.368 e. The molecule has 3 atom stereocenters. The van der Waals surface area contributed by atoms with Gasteiger partial charge in [0.05, 0.1) is 24.7 Å². The van der Waals surface area contributed by atoms with Gasteiger partial charge in [0.1, 0.15) is 23.8 Å². The topological polar surface area (TPSA) is 113 Å². The molecule has 3 fully saturated rings. The van der Waals surface area contributed by atoms with Gasteiger partial charge in [0.25, 0.3) is 0 Å². The van der Waals surface area contributed by atoms with Gasteiger partial charge in [0.2, 0.25) is 17.6 Å². The molecule has 0 aromatic carbocycles. The lowest BCUT2D eigenvalue weighted by Gasteiger charge is -2.33. The van der Waals surface area contributed by atoms with Gasteiger partial charge in [0.15, 0.2) is 0 Å². The number of hydrogen-bond donors (Lipinski definition) is 2. The Kier molecular flexibility index (Phi) is 5.02. The number of carbonyl (C=O) groups excluding carboxylic acids is 1. The Morgan fingerprint density at radius 1 is 1.30 bits per heavy atom. The number of nitrogens with zero attached hydrogens (tertiary/aromatic N) is 5. The van der Waals surface area contributed by atoms with Crippen molar-refractivity contribution in [3.8, 4) is 11.5 Å². The van der Waals surface area contributed by atoms with Crippen molar-refractivity contribution in [2.75, 3.05) is 32.1 Å². The van der Waals surface area contributed by atoms with Gasteiger partial charge < -0.3 is 24.8 Å². The van der Waals surface area contributed by atoms with E-state index in [1.54, 1.807) is 4.52 Å². The Bertz CT molecular complexity index is 1190. The van der Waals surface area contributed by atoms with Crippen molar-refractivity contribution in [2.24, 2.45) is 5.92 Å². The molecule has 33 heavy (non-hydrogen) atoms. The van der Waals surface area contributed by atoms with Crippen molar-refractivity contribution in [2.45, 2.75) is 44.1 Å². The van der Waals surface area contributed by atoms with Gasteiger partial charge >= 0.3 is 0 Å². The number of aromatic nitrogens is 4. The van der Waals surface area contributed by atoms with Crippen LogP contribution < -0.4 is 10.6 Å². The van der Waals surface area contributed by atoms with Crippen LogP contribution in [-0.4, -0.2) is 69.5 Å². The molecule has 1 aliphatic carbocycles. The van der Waals surface area contributed by atoms with Crippen LogP contribution in [-0.2, 0) is 16.1 Å². The highest BCUT2D eigenvalue weighted by Gasteiger charge is 2.35. The molecule has 174 valence electrons. The summed E-state index contributed by atoms with van der Waals surface area (Å²) in [5.74, 6) is 1.50. The van der Waals surface area contributed by atoms with Gasteiger partial charge in [-0.25, -0.2) is 8.91 Å². The van der Waals surface area contributed by atoms with Crippen LogP contribution >= 0.6 is 0 Å². The molecule has 5 heterocycles. The Hall–Kier alpha value is -3.05. The zero-order valence-electron chi connectivity index (χ0n) is 18.3. The predicted molar refractivity (Wildman–Crippen MR) is 116 cm³/mol. The third-order valence-electron chi connectivity index (χ3n) is 6.47. The summed E-state index contributed by atoms with van der Waals surface area (Å²) in [4.78, 5) is 18.4. The molecule has 2 N–H and O–H groups in total. The first-order chi connectivity index (χ1) is 16.1. The minimum atomic E-state index is -0.967. The number of pyridine rings is 1. The maximum Gasteiger partial charge on any atom is 0.246 e. The number of carbonyl (C=O) groups is 1. The fourth-order valence-electron chi connectivity index (χ4n) is 4.38. The zero-order chi connectivity index (χ0) is 22.5. The van der Waals surface area contributed by atoms with Gasteiger partial charge in [-0.3, -0.25) is 4.79 Å². The zero-order valence-corrected chi connectivity index (χ0v) is 18.3. The van der Waals surface area contributed by atoms with Crippen LogP contribution in [0.3, 0.4) is 0 Å². The van der Waals surface area contributed by atoms with E-state index in [9.17, 15) is 9.18 Å². The monoisotopic (exact) mass is 455 g/mol. The number of rotatable bonds is 7. The van der Waals surface area contributed by atoms with Crippen LogP contribution in [0.15, 0.2) is 22.7 Å². The lowest BCUT2D eigenvalue weighted by Crippen LogP contribution is -2.46. The Labute approximate surface area is 189 Å². The van der Waals surface area contributed by atoms with Gasteiger partial charge in [-0.2, -0.15) is 10.1 Å². The van der Waals surface area contributed by atoms with Crippen molar-refractivity contribution in [3.05, 3.63) is 29.7 Å². The molecule has 1 saturated carbocycles. The van der Waals surface area contributed by atoms with Crippen molar-refractivity contribution in [1.82, 2.24) is 30.0 Å². The maximum atomic E-state index is 14.6. The third-order valence-corrected chi connectivity index (χ3v) is 6.47. The van der Waals surface area contributed by atoms with Crippen molar-refractivity contribution >= 4 is 17.2 Å². The van der Waals surface area contributed by atoms with Gasteiger partial charge in [-0.1, -0.05) is 11.2 Å². The molecule has 2 saturated heterocycles. The number of epoxide rings is 1. The Balaban J connectivity index is 1.29. The minimum absolute atomic E-state index is 0.0188. The highest BCUT2D eigenvalue weighted by Crippen LogP contribution is 2.39. The van der Waals surface area contributed by atoms with E-state index in [0.29, 0.717) is 42.8 Å². The second-order valence-electron chi connectivity index (χ2n) is 9.11.